The Balaban J connectivity index is 2.00. The highest BCUT2D eigenvalue weighted by Crippen LogP contribution is 2.11. The molecule has 3 amide bonds. The van der Waals surface area contributed by atoms with Gasteiger partial charge in [-0.2, -0.15) is 0 Å². The van der Waals surface area contributed by atoms with Crippen molar-refractivity contribution in [2.24, 2.45) is 5.73 Å². The average Bonchev–Trinajstić information content (AvgIpc) is 2.78. The summed E-state index contributed by atoms with van der Waals surface area (Å²) in [4.78, 5) is 37.4. The number of nitrogens with one attached hydrogen (secondary N) is 3. The molecule has 0 bridgehead atoms. The molecule has 190 valence electrons. The van der Waals surface area contributed by atoms with Gasteiger partial charge in [-0.1, -0.05) is 36.4 Å². The number of amides is 3. The molecule has 0 heterocycles. The second-order valence-electron chi connectivity index (χ2n) is 9.04. The first-order valence-corrected chi connectivity index (χ1v) is 11.2. The van der Waals surface area contributed by atoms with E-state index in [0.717, 1.165) is 17.7 Å². The van der Waals surface area contributed by atoms with Gasteiger partial charge in [0.2, 0.25) is 11.8 Å². The lowest BCUT2D eigenvalue weighted by Crippen LogP contribution is -2.53. The minimum absolute atomic E-state index is 0.0526. The van der Waals surface area contributed by atoms with Gasteiger partial charge in [-0.15, -0.1) is 0 Å². The van der Waals surface area contributed by atoms with Gasteiger partial charge in [0.15, 0.2) is 11.6 Å². The normalized spacial score (nSPS) is 12.9. The third-order valence-corrected chi connectivity index (χ3v) is 4.82. The van der Waals surface area contributed by atoms with Gasteiger partial charge in [-0.3, -0.25) is 9.59 Å². The van der Waals surface area contributed by atoms with Gasteiger partial charge in [0.05, 0.1) is 6.04 Å². The maximum absolute atomic E-state index is 13.5. The number of carbonyl (C=O) groups excluding carboxylic acids is 3. The van der Waals surface area contributed by atoms with Gasteiger partial charge >= 0.3 is 6.09 Å². The molecule has 10 heteroatoms. The van der Waals surface area contributed by atoms with E-state index in [-0.39, 0.29) is 25.9 Å². The third kappa shape index (κ3) is 10.1. The second kappa shape index (κ2) is 12.8. The van der Waals surface area contributed by atoms with Crippen LogP contribution in [0.3, 0.4) is 0 Å². The molecule has 0 aliphatic carbocycles. The van der Waals surface area contributed by atoms with E-state index in [4.69, 9.17) is 10.5 Å². The van der Waals surface area contributed by atoms with Crippen LogP contribution in [0.15, 0.2) is 48.5 Å². The number of hydrogen-bond donors (Lipinski definition) is 4. The molecule has 5 N–H and O–H groups in total. The molecule has 0 fully saturated rings. The lowest BCUT2D eigenvalue weighted by Gasteiger charge is -2.22. The van der Waals surface area contributed by atoms with E-state index >= 15 is 0 Å². The average molecular weight is 491 g/mol. The lowest BCUT2D eigenvalue weighted by atomic mass is 10.0. The molecule has 0 aliphatic heterocycles. The van der Waals surface area contributed by atoms with Crippen LogP contribution in [-0.2, 0) is 27.3 Å². The summed E-state index contributed by atoms with van der Waals surface area (Å²) in [5, 5.41) is 7.89. The Hall–Kier alpha value is -3.53. The summed E-state index contributed by atoms with van der Waals surface area (Å²) in [7, 11) is 0. The quantitative estimate of drug-likeness (QED) is 0.408. The Bertz CT molecular complexity index is 1010. The van der Waals surface area contributed by atoms with Crippen molar-refractivity contribution in [2.75, 3.05) is 6.54 Å². The maximum atomic E-state index is 13.5. The van der Waals surface area contributed by atoms with E-state index in [0.29, 0.717) is 5.56 Å². The fraction of sp³-hybridized carbons (Fsp3) is 0.400. The van der Waals surface area contributed by atoms with Gasteiger partial charge in [-0.25, -0.2) is 13.6 Å². The first kappa shape index (κ1) is 27.7. The van der Waals surface area contributed by atoms with Crippen LogP contribution in [0.25, 0.3) is 0 Å². The van der Waals surface area contributed by atoms with Gasteiger partial charge in [0.1, 0.15) is 11.6 Å². The molecular formula is C25H32F2N4O4. The van der Waals surface area contributed by atoms with Crippen molar-refractivity contribution in [1.29, 1.82) is 0 Å². The van der Waals surface area contributed by atoms with Crippen LogP contribution in [0.2, 0.25) is 0 Å². The topological polar surface area (TPSA) is 123 Å². The molecule has 0 aliphatic rings. The van der Waals surface area contributed by atoms with Crippen molar-refractivity contribution in [3.63, 3.8) is 0 Å². The van der Waals surface area contributed by atoms with Crippen molar-refractivity contribution in [3.8, 4) is 0 Å². The highest BCUT2D eigenvalue weighted by atomic mass is 19.2. The molecule has 0 radical (unpaired) electrons. The summed E-state index contributed by atoms with van der Waals surface area (Å²) in [6.07, 6.45) is -0.636. The number of benzene rings is 2. The number of nitrogens with two attached hydrogens (primary N) is 1. The summed E-state index contributed by atoms with van der Waals surface area (Å²) < 4.78 is 31.8. The molecule has 2 atom stereocenters. The SMILES string of the molecule is CC(C)(C)OC(=O)NCCC(NC(=O)C(N)Cc1ccc(F)c(F)c1)C(=O)NCc1ccccc1. The molecular weight excluding hydrogens is 458 g/mol. The summed E-state index contributed by atoms with van der Waals surface area (Å²) in [6, 6.07) is 10.4. The number of rotatable bonds is 10. The largest absolute Gasteiger partial charge is 0.444 e. The minimum Gasteiger partial charge on any atom is -0.444 e. The standard InChI is InChI=1S/C25H32F2N4O4/c1-25(2,3)35-24(34)29-12-11-21(23(33)30-15-16-7-5-4-6-8-16)31-22(32)20(28)14-17-9-10-18(26)19(27)13-17/h4-10,13,20-21H,11-12,14-15,28H2,1-3H3,(H,29,34)(H,30,33)(H,31,32). The highest BCUT2D eigenvalue weighted by Gasteiger charge is 2.25. The molecule has 35 heavy (non-hydrogen) atoms. The summed E-state index contributed by atoms with van der Waals surface area (Å²) in [5.74, 6) is -3.15. The van der Waals surface area contributed by atoms with E-state index in [1.54, 1.807) is 20.8 Å². The van der Waals surface area contributed by atoms with Crippen molar-refractivity contribution < 1.29 is 27.9 Å². The van der Waals surface area contributed by atoms with Crippen LogP contribution in [0, 0.1) is 11.6 Å². The lowest BCUT2D eigenvalue weighted by molar-refractivity contribution is -0.129. The van der Waals surface area contributed by atoms with Gasteiger partial charge in [-0.05, 0) is 56.9 Å². The van der Waals surface area contributed by atoms with Crippen molar-refractivity contribution >= 4 is 17.9 Å². The number of hydrogen-bond acceptors (Lipinski definition) is 5. The second-order valence-corrected chi connectivity index (χ2v) is 9.04. The predicted octanol–water partition coefficient (Wildman–Crippen LogP) is 2.55. The van der Waals surface area contributed by atoms with E-state index < -0.39 is 47.2 Å². The zero-order chi connectivity index (χ0) is 26.0. The Labute approximate surface area is 203 Å². The fourth-order valence-corrected chi connectivity index (χ4v) is 3.10. The van der Waals surface area contributed by atoms with Crippen LogP contribution >= 0.6 is 0 Å². The first-order valence-electron chi connectivity index (χ1n) is 11.2. The molecule has 2 aromatic carbocycles. The van der Waals surface area contributed by atoms with Crippen molar-refractivity contribution in [1.82, 2.24) is 16.0 Å². The Morgan fingerprint density at radius 2 is 1.63 bits per heavy atom. The monoisotopic (exact) mass is 490 g/mol. The Morgan fingerprint density at radius 1 is 0.943 bits per heavy atom. The number of carbonyl (C=O) groups is 3. The minimum atomic E-state index is -1.11. The first-order chi connectivity index (χ1) is 16.4. The molecule has 2 aromatic rings. The molecule has 0 aromatic heterocycles. The van der Waals surface area contributed by atoms with Crippen molar-refractivity contribution in [3.05, 3.63) is 71.3 Å². The molecule has 2 unspecified atom stereocenters. The summed E-state index contributed by atoms with van der Waals surface area (Å²) in [6.45, 7) is 5.46. The van der Waals surface area contributed by atoms with Crippen LogP contribution in [-0.4, -0.2) is 42.1 Å². The van der Waals surface area contributed by atoms with Gasteiger partial charge < -0.3 is 26.4 Å². The fourth-order valence-electron chi connectivity index (χ4n) is 3.10. The van der Waals surface area contributed by atoms with Gasteiger partial charge in [0, 0.05) is 13.1 Å². The van der Waals surface area contributed by atoms with Gasteiger partial charge in [0.25, 0.3) is 0 Å². The number of ether oxygens (including phenoxy) is 1. The van der Waals surface area contributed by atoms with E-state index in [9.17, 15) is 23.2 Å². The number of halogens is 2. The summed E-state index contributed by atoms with van der Waals surface area (Å²) >= 11 is 0. The zero-order valence-corrected chi connectivity index (χ0v) is 20.1. The molecule has 0 saturated carbocycles. The zero-order valence-electron chi connectivity index (χ0n) is 20.1. The van der Waals surface area contributed by atoms with Crippen LogP contribution in [0.4, 0.5) is 13.6 Å². The maximum Gasteiger partial charge on any atom is 0.407 e. The van der Waals surface area contributed by atoms with E-state index in [2.05, 4.69) is 16.0 Å². The van der Waals surface area contributed by atoms with E-state index in [1.165, 1.54) is 6.07 Å². The van der Waals surface area contributed by atoms with Crippen LogP contribution in [0.5, 0.6) is 0 Å². The number of alkyl carbamates (subject to hydrolysis) is 1. The van der Waals surface area contributed by atoms with E-state index in [1.807, 2.05) is 30.3 Å². The van der Waals surface area contributed by atoms with Crippen LogP contribution < -0.4 is 21.7 Å². The molecule has 8 nitrogen and oxygen atoms in total. The Morgan fingerprint density at radius 3 is 2.26 bits per heavy atom. The third-order valence-electron chi connectivity index (χ3n) is 4.82. The smallest absolute Gasteiger partial charge is 0.407 e. The van der Waals surface area contributed by atoms with Crippen LogP contribution in [0.1, 0.15) is 38.3 Å². The predicted molar refractivity (Wildman–Crippen MR) is 127 cm³/mol. The Kier molecular flexibility index (Phi) is 10.1. The summed E-state index contributed by atoms with van der Waals surface area (Å²) in [5.41, 5.74) is 6.47. The molecule has 0 saturated heterocycles. The highest BCUT2D eigenvalue weighted by molar-refractivity contribution is 5.89. The van der Waals surface area contributed by atoms with Crippen molar-refractivity contribution in [2.45, 2.75) is 57.8 Å². The molecule has 0 spiro atoms. The molecule has 2 rings (SSSR count).